The van der Waals surface area contributed by atoms with Gasteiger partial charge in [0.25, 0.3) is 0 Å². The minimum Gasteiger partial charge on any atom is -0.240 e. The highest BCUT2D eigenvalue weighted by atomic mass is 28.4. The van der Waals surface area contributed by atoms with Crippen LogP contribution in [0.3, 0.4) is 0 Å². The first-order valence-corrected chi connectivity index (χ1v) is 9.40. The Morgan fingerprint density at radius 2 is 1.05 bits per heavy atom. The van der Waals surface area contributed by atoms with Crippen LogP contribution in [0.25, 0.3) is 0 Å². The molecule has 0 radical (unpaired) electrons. The molecule has 7 heteroatoms. The van der Waals surface area contributed by atoms with Gasteiger partial charge in [-0.25, -0.2) is 28.4 Å². The fraction of sp³-hybridized carbons (Fsp3) is 0.857. The molecule has 0 aliphatic carbocycles. The summed E-state index contributed by atoms with van der Waals surface area (Å²) in [7, 11) is -3.41. The van der Waals surface area contributed by atoms with E-state index in [1.165, 1.54) is 5.70 Å². The molecule has 0 aliphatic heterocycles. The molecule has 3 atom stereocenters. The van der Waals surface area contributed by atoms with E-state index in [2.05, 4.69) is 6.58 Å². The van der Waals surface area contributed by atoms with Crippen molar-refractivity contribution in [3.63, 3.8) is 0 Å². The molecule has 0 N–H and O–H groups in total. The average molecular weight is 322 g/mol. The Kier molecular flexibility index (Phi) is 11.2. The first-order valence-electron chi connectivity index (χ1n) is 7.59. The van der Waals surface area contributed by atoms with Crippen molar-refractivity contribution in [3.8, 4) is 0 Å². The molecule has 21 heavy (non-hydrogen) atoms. The van der Waals surface area contributed by atoms with Crippen molar-refractivity contribution in [1.82, 2.24) is 0 Å². The van der Waals surface area contributed by atoms with Crippen molar-refractivity contribution in [2.24, 2.45) is 0 Å². The van der Waals surface area contributed by atoms with Gasteiger partial charge in [-0.15, -0.1) is 0 Å². The van der Waals surface area contributed by atoms with Crippen LogP contribution in [0, 0.1) is 0 Å². The molecule has 0 saturated carbocycles. The van der Waals surface area contributed by atoms with Gasteiger partial charge in [0, 0.05) is 0 Å². The largest absolute Gasteiger partial charge is 0.612 e. The van der Waals surface area contributed by atoms with Crippen LogP contribution in [-0.2, 0) is 28.4 Å². The van der Waals surface area contributed by atoms with E-state index in [1.54, 1.807) is 0 Å². The smallest absolute Gasteiger partial charge is 0.240 e. The van der Waals surface area contributed by atoms with Crippen LogP contribution < -0.4 is 0 Å². The molecule has 6 nitrogen and oxygen atoms in total. The summed E-state index contributed by atoms with van der Waals surface area (Å²) in [6.07, 6.45) is 2.07. The zero-order valence-electron chi connectivity index (χ0n) is 14.1. The lowest BCUT2D eigenvalue weighted by Crippen LogP contribution is -2.46. The second-order valence-corrected chi connectivity index (χ2v) is 7.12. The average Bonchev–Trinajstić information content (AvgIpc) is 2.53. The van der Waals surface area contributed by atoms with Crippen molar-refractivity contribution < 1.29 is 28.4 Å². The molecule has 0 spiro atoms. The quantitative estimate of drug-likeness (QED) is 0.291. The summed E-state index contributed by atoms with van der Waals surface area (Å²) in [5, 5.41) is 0. The minimum atomic E-state index is -3.41. The Morgan fingerprint density at radius 3 is 1.24 bits per heavy atom. The highest BCUT2D eigenvalue weighted by Crippen LogP contribution is 2.17. The SMILES string of the molecule is C=C[Si](OOC(C)CC)(OOC(C)CC)OOC(C)CC. The van der Waals surface area contributed by atoms with Gasteiger partial charge < -0.3 is 0 Å². The van der Waals surface area contributed by atoms with Gasteiger partial charge in [0.05, 0.1) is 18.3 Å². The van der Waals surface area contributed by atoms with Gasteiger partial charge in [-0.05, 0) is 45.7 Å². The molecular weight excluding hydrogens is 292 g/mol. The summed E-state index contributed by atoms with van der Waals surface area (Å²) in [4.78, 5) is 15.8. The van der Waals surface area contributed by atoms with Gasteiger partial charge >= 0.3 is 8.80 Å². The first-order chi connectivity index (χ1) is 9.92. The lowest BCUT2D eigenvalue weighted by atomic mass is 10.3. The topological polar surface area (TPSA) is 55.4 Å². The Hall–Kier alpha value is -0.283. The number of hydrogen-bond acceptors (Lipinski definition) is 6. The van der Waals surface area contributed by atoms with E-state index in [0.29, 0.717) is 0 Å². The summed E-state index contributed by atoms with van der Waals surface area (Å²) in [5.74, 6) is 0. The Morgan fingerprint density at radius 1 is 0.762 bits per heavy atom. The molecule has 0 heterocycles. The lowest BCUT2D eigenvalue weighted by molar-refractivity contribution is -0.381. The molecule has 3 unspecified atom stereocenters. The number of hydrogen-bond donors (Lipinski definition) is 0. The molecule has 0 rings (SSSR count). The molecule has 0 aromatic heterocycles. The van der Waals surface area contributed by atoms with Crippen molar-refractivity contribution >= 4 is 8.80 Å². The summed E-state index contributed by atoms with van der Waals surface area (Å²) in [5.41, 5.74) is 1.42. The number of rotatable bonds is 13. The maximum absolute atomic E-state index is 5.35. The molecule has 0 aliphatic rings. The molecule has 126 valence electrons. The van der Waals surface area contributed by atoms with E-state index in [-0.39, 0.29) is 18.3 Å². The fourth-order valence-electron chi connectivity index (χ4n) is 0.795. The van der Waals surface area contributed by atoms with Crippen molar-refractivity contribution in [2.45, 2.75) is 79.1 Å². The van der Waals surface area contributed by atoms with E-state index >= 15 is 0 Å². The second kappa shape index (κ2) is 11.3. The Bertz CT molecular complexity index is 240. The summed E-state index contributed by atoms with van der Waals surface area (Å²) < 4.78 is 16.0. The fourth-order valence-corrected chi connectivity index (χ4v) is 1.98. The van der Waals surface area contributed by atoms with Gasteiger partial charge in [-0.1, -0.05) is 27.4 Å². The summed E-state index contributed by atoms with van der Waals surface area (Å²) >= 11 is 0. The highest BCUT2D eigenvalue weighted by Gasteiger charge is 2.45. The van der Waals surface area contributed by atoms with Crippen molar-refractivity contribution in [2.75, 3.05) is 0 Å². The lowest BCUT2D eigenvalue weighted by Gasteiger charge is -2.26. The summed E-state index contributed by atoms with van der Waals surface area (Å²) in [6, 6.07) is 0. The van der Waals surface area contributed by atoms with E-state index in [9.17, 15) is 0 Å². The molecule has 0 aromatic rings. The van der Waals surface area contributed by atoms with Crippen LogP contribution >= 0.6 is 0 Å². The maximum Gasteiger partial charge on any atom is 0.612 e. The van der Waals surface area contributed by atoms with Crippen molar-refractivity contribution in [1.29, 1.82) is 0 Å². The van der Waals surface area contributed by atoms with Crippen LogP contribution in [0.4, 0.5) is 0 Å². The standard InChI is InChI=1S/C14H30O6Si/c1-8-12(5)15-18-21(11-4,19-16-13(6)9-2)20-17-14(7)10-3/h11-14H,4,8-10H2,1-3,5-7H3. The molecule has 0 aromatic carbocycles. The minimum absolute atomic E-state index is 0.101. The van der Waals surface area contributed by atoms with E-state index in [1.807, 2.05) is 41.5 Å². The van der Waals surface area contributed by atoms with Crippen LogP contribution in [0.2, 0.25) is 0 Å². The Balaban J connectivity index is 4.69. The molecule has 0 amide bonds. The van der Waals surface area contributed by atoms with E-state index in [0.717, 1.165) is 19.3 Å². The van der Waals surface area contributed by atoms with Crippen LogP contribution in [0.5, 0.6) is 0 Å². The van der Waals surface area contributed by atoms with Gasteiger partial charge in [0.1, 0.15) is 0 Å². The van der Waals surface area contributed by atoms with E-state index in [4.69, 9.17) is 28.4 Å². The zero-order valence-corrected chi connectivity index (χ0v) is 15.1. The molecule has 0 saturated heterocycles. The van der Waals surface area contributed by atoms with Crippen LogP contribution in [0.15, 0.2) is 12.3 Å². The van der Waals surface area contributed by atoms with Crippen LogP contribution in [-0.4, -0.2) is 27.1 Å². The Labute approximate surface area is 129 Å². The van der Waals surface area contributed by atoms with E-state index < -0.39 is 8.80 Å². The third-order valence-electron chi connectivity index (χ3n) is 2.96. The third kappa shape index (κ3) is 8.67. The first kappa shape index (κ1) is 20.7. The van der Waals surface area contributed by atoms with Gasteiger partial charge in [-0.2, -0.15) is 0 Å². The summed E-state index contributed by atoms with van der Waals surface area (Å²) in [6.45, 7) is 15.3. The molecular formula is C14H30O6Si. The van der Waals surface area contributed by atoms with Crippen LogP contribution in [0.1, 0.15) is 60.8 Å². The van der Waals surface area contributed by atoms with Crippen molar-refractivity contribution in [3.05, 3.63) is 12.3 Å². The predicted molar refractivity (Wildman–Crippen MR) is 81.7 cm³/mol. The second-order valence-electron chi connectivity index (χ2n) is 5.00. The van der Waals surface area contributed by atoms with Gasteiger partial charge in [-0.3, -0.25) is 0 Å². The molecule has 0 bridgehead atoms. The predicted octanol–water partition coefficient (Wildman–Crippen LogP) is 3.89. The van der Waals surface area contributed by atoms with Gasteiger partial charge in [0.2, 0.25) is 0 Å². The third-order valence-corrected chi connectivity index (χ3v) is 4.45. The maximum atomic E-state index is 5.35. The van der Waals surface area contributed by atoms with Gasteiger partial charge in [0.15, 0.2) is 0 Å². The molecule has 0 fully saturated rings. The highest BCUT2D eigenvalue weighted by molar-refractivity contribution is 6.65. The monoisotopic (exact) mass is 322 g/mol. The normalized spacial score (nSPS) is 18.8. The zero-order chi connectivity index (χ0) is 16.3.